The molecule has 0 aromatic heterocycles. The number of thioether (sulfide) groups is 1. The van der Waals surface area contributed by atoms with E-state index in [1.807, 2.05) is 6.92 Å². The number of aliphatic hydroxyl groups is 2. The molecule has 14 heavy (non-hydrogen) atoms. The number of amides is 1. The van der Waals surface area contributed by atoms with Crippen LogP contribution >= 0.6 is 11.8 Å². The smallest absolute Gasteiger partial charge is 0.246 e. The summed E-state index contributed by atoms with van der Waals surface area (Å²) in [5, 5.41) is 17.4. The summed E-state index contributed by atoms with van der Waals surface area (Å²) in [6.07, 6.45) is 0.816. The van der Waals surface area contributed by atoms with Gasteiger partial charge in [0, 0.05) is 5.75 Å². The van der Waals surface area contributed by atoms with Crippen LogP contribution in [0, 0.1) is 0 Å². The van der Waals surface area contributed by atoms with Crippen LogP contribution in [0.5, 0.6) is 0 Å². The first-order valence-corrected chi connectivity index (χ1v) is 5.61. The van der Waals surface area contributed by atoms with Gasteiger partial charge in [0.05, 0.1) is 18.0 Å². The Labute approximate surface area is 88.0 Å². The lowest BCUT2D eigenvalue weighted by Gasteiger charge is -2.15. The molecule has 0 bridgehead atoms. The molecule has 0 aliphatic heterocycles. The molecule has 0 saturated heterocycles. The number of nitrogens with one attached hydrogen (secondary N) is 1. The summed E-state index contributed by atoms with van der Waals surface area (Å²) < 4.78 is 0. The lowest BCUT2D eigenvalue weighted by atomic mass is 10.2. The van der Waals surface area contributed by atoms with Gasteiger partial charge in [0.25, 0.3) is 0 Å². The molecule has 2 atom stereocenters. The van der Waals surface area contributed by atoms with E-state index in [2.05, 4.69) is 5.43 Å². The van der Waals surface area contributed by atoms with Gasteiger partial charge in [0.2, 0.25) is 5.91 Å². The zero-order valence-corrected chi connectivity index (χ0v) is 9.09. The second kappa shape index (κ2) is 8.05. The van der Waals surface area contributed by atoms with Gasteiger partial charge < -0.3 is 10.2 Å². The summed E-state index contributed by atoms with van der Waals surface area (Å²) in [5.41, 5.74) is 2.09. The molecule has 2 unspecified atom stereocenters. The molecule has 6 heteroatoms. The predicted molar refractivity (Wildman–Crippen MR) is 56.6 cm³/mol. The van der Waals surface area contributed by atoms with Crippen LogP contribution in [0.15, 0.2) is 0 Å². The van der Waals surface area contributed by atoms with Crippen molar-refractivity contribution in [3.8, 4) is 0 Å². The van der Waals surface area contributed by atoms with E-state index in [-0.39, 0.29) is 17.8 Å². The highest BCUT2D eigenvalue weighted by molar-refractivity contribution is 8.00. The second-order valence-electron chi connectivity index (χ2n) is 2.96. The number of aliphatic hydroxyl groups excluding tert-OH is 2. The minimum Gasteiger partial charge on any atom is -0.394 e. The number of rotatable bonds is 7. The van der Waals surface area contributed by atoms with Crippen molar-refractivity contribution in [1.82, 2.24) is 5.43 Å². The van der Waals surface area contributed by atoms with Crippen LogP contribution in [0.2, 0.25) is 0 Å². The molecule has 5 nitrogen and oxygen atoms in total. The van der Waals surface area contributed by atoms with Crippen LogP contribution in [0.1, 0.15) is 19.8 Å². The van der Waals surface area contributed by atoms with E-state index in [1.54, 1.807) is 0 Å². The molecule has 84 valence electrons. The molecule has 5 N–H and O–H groups in total. The summed E-state index contributed by atoms with van der Waals surface area (Å²) in [5.74, 6) is 5.12. The molecule has 0 aromatic rings. The van der Waals surface area contributed by atoms with E-state index < -0.39 is 6.10 Å². The van der Waals surface area contributed by atoms with E-state index >= 15 is 0 Å². The maximum absolute atomic E-state index is 11.2. The standard InChI is InChI=1S/C8H18N2O3S/c1-2-3-7(8(13)10-9)14-5-6(12)4-11/h6-7,11-12H,2-5,9H2,1H3,(H,10,13). The molecule has 1 amide bonds. The van der Waals surface area contributed by atoms with Crippen molar-refractivity contribution in [2.24, 2.45) is 5.84 Å². The van der Waals surface area contributed by atoms with Crippen molar-refractivity contribution in [2.45, 2.75) is 31.1 Å². The topological polar surface area (TPSA) is 95.6 Å². The molecule has 0 aliphatic rings. The summed E-state index contributed by atoms with van der Waals surface area (Å²) in [6, 6.07) is 0. The minimum absolute atomic E-state index is 0.234. The molecule has 0 heterocycles. The number of carbonyl (C=O) groups excluding carboxylic acids is 1. The maximum Gasteiger partial charge on any atom is 0.246 e. The lowest BCUT2D eigenvalue weighted by Crippen LogP contribution is -2.38. The largest absolute Gasteiger partial charge is 0.394 e. The van der Waals surface area contributed by atoms with Gasteiger partial charge in [-0.2, -0.15) is 0 Å². The number of hydrogen-bond donors (Lipinski definition) is 4. The molecule has 0 aromatic carbocycles. The fraction of sp³-hybridized carbons (Fsp3) is 0.875. The molecular formula is C8H18N2O3S. The van der Waals surface area contributed by atoms with Crippen molar-refractivity contribution in [3.05, 3.63) is 0 Å². The highest BCUT2D eigenvalue weighted by Gasteiger charge is 2.18. The van der Waals surface area contributed by atoms with Gasteiger partial charge in [0.15, 0.2) is 0 Å². The van der Waals surface area contributed by atoms with E-state index in [0.717, 1.165) is 6.42 Å². The van der Waals surface area contributed by atoms with Crippen molar-refractivity contribution in [2.75, 3.05) is 12.4 Å². The summed E-state index contributed by atoms with van der Waals surface area (Å²) in [6.45, 7) is 1.69. The van der Waals surface area contributed by atoms with Crippen LogP contribution in [0.3, 0.4) is 0 Å². The number of carbonyl (C=O) groups is 1. The maximum atomic E-state index is 11.2. The highest BCUT2D eigenvalue weighted by Crippen LogP contribution is 2.17. The Bertz CT molecular complexity index is 169. The first-order valence-electron chi connectivity index (χ1n) is 4.56. The zero-order valence-electron chi connectivity index (χ0n) is 8.27. The average molecular weight is 222 g/mol. The molecule has 0 rings (SSSR count). The summed E-state index contributed by atoms with van der Waals surface area (Å²) in [7, 11) is 0. The Balaban J connectivity index is 3.90. The summed E-state index contributed by atoms with van der Waals surface area (Å²) >= 11 is 1.31. The third-order valence-electron chi connectivity index (χ3n) is 1.69. The molecule has 0 radical (unpaired) electrons. The van der Waals surface area contributed by atoms with E-state index in [1.165, 1.54) is 11.8 Å². The van der Waals surface area contributed by atoms with Crippen LogP contribution in [-0.2, 0) is 4.79 Å². The van der Waals surface area contributed by atoms with Gasteiger partial charge in [-0.25, -0.2) is 5.84 Å². The number of hydrogen-bond acceptors (Lipinski definition) is 5. The zero-order chi connectivity index (χ0) is 11.0. The van der Waals surface area contributed by atoms with E-state index in [4.69, 9.17) is 16.1 Å². The Hall–Kier alpha value is -0.300. The highest BCUT2D eigenvalue weighted by atomic mass is 32.2. The third kappa shape index (κ3) is 5.43. The van der Waals surface area contributed by atoms with Crippen molar-refractivity contribution < 1.29 is 15.0 Å². The quantitative estimate of drug-likeness (QED) is 0.258. The lowest BCUT2D eigenvalue weighted by molar-refractivity contribution is -0.120. The van der Waals surface area contributed by atoms with Gasteiger partial charge in [-0.3, -0.25) is 10.2 Å². The number of hydrazine groups is 1. The fourth-order valence-corrected chi connectivity index (χ4v) is 2.11. The molecule has 0 spiro atoms. The van der Waals surface area contributed by atoms with E-state index in [9.17, 15) is 4.79 Å². The first kappa shape index (κ1) is 13.7. The first-order chi connectivity index (χ1) is 6.65. The molecular weight excluding hydrogens is 204 g/mol. The number of nitrogens with two attached hydrogens (primary N) is 1. The Kier molecular flexibility index (Phi) is 7.87. The third-order valence-corrected chi connectivity index (χ3v) is 3.12. The van der Waals surface area contributed by atoms with Crippen molar-refractivity contribution in [1.29, 1.82) is 0 Å². The molecule has 0 saturated carbocycles. The van der Waals surface area contributed by atoms with E-state index in [0.29, 0.717) is 12.2 Å². The van der Waals surface area contributed by atoms with Crippen LogP contribution in [0.4, 0.5) is 0 Å². The summed E-state index contributed by atoms with van der Waals surface area (Å²) in [4.78, 5) is 11.2. The fourth-order valence-electron chi connectivity index (χ4n) is 0.925. The Morgan fingerprint density at radius 2 is 2.29 bits per heavy atom. The monoisotopic (exact) mass is 222 g/mol. The molecule has 0 fully saturated rings. The van der Waals surface area contributed by atoms with Crippen LogP contribution in [0.25, 0.3) is 0 Å². The predicted octanol–water partition coefficient (Wildman–Crippen LogP) is -0.769. The van der Waals surface area contributed by atoms with Gasteiger partial charge in [0.1, 0.15) is 0 Å². The van der Waals surface area contributed by atoms with Gasteiger partial charge in [-0.15, -0.1) is 11.8 Å². The normalized spacial score (nSPS) is 14.9. The van der Waals surface area contributed by atoms with Crippen LogP contribution < -0.4 is 11.3 Å². The Morgan fingerprint density at radius 3 is 2.71 bits per heavy atom. The SMILES string of the molecule is CCCC(SCC(O)CO)C(=O)NN. The second-order valence-corrected chi connectivity index (χ2v) is 4.19. The molecule has 0 aliphatic carbocycles. The van der Waals surface area contributed by atoms with Crippen LogP contribution in [-0.4, -0.2) is 39.8 Å². The Morgan fingerprint density at radius 1 is 1.64 bits per heavy atom. The van der Waals surface area contributed by atoms with Crippen molar-refractivity contribution >= 4 is 17.7 Å². The average Bonchev–Trinajstić information content (AvgIpc) is 2.22. The van der Waals surface area contributed by atoms with Gasteiger partial charge >= 0.3 is 0 Å². The minimum atomic E-state index is -0.773. The van der Waals surface area contributed by atoms with Crippen molar-refractivity contribution in [3.63, 3.8) is 0 Å². The van der Waals surface area contributed by atoms with Gasteiger partial charge in [-0.05, 0) is 6.42 Å². The van der Waals surface area contributed by atoms with Gasteiger partial charge in [-0.1, -0.05) is 13.3 Å².